The third kappa shape index (κ3) is 2.53. The summed E-state index contributed by atoms with van der Waals surface area (Å²) >= 11 is 4.48. The van der Waals surface area contributed by atoms with Gasteiger partial charge >= 0.3 is 0 Å². The molecule has 0 saturated heterocycles. The van der Waals surface area contributed by atoms with Crippen molar-refractivity contribution in [3.63, 3.8) is 0 Å². The summed E-state index contributed by atoms with van der Waals surface area (Å²) in [5.41, 5.74) is -0.234. The van der Waals surface area contributed by atoms with Gasteiger partial charge in [-0.2, -0.15) is 0 Å². The van der Waals surface area contributed by atoms with Crippen LogP contribution in [0.1, 0.15) is 15.5 Å². The molecule has 0 fully saturated rings. The number of aryl methyl sites for hydroxylation is 1. The van der Waals surface area contributed by atoms with Crippen LogP contribution in [0.5, 0.6) is 0 Å². The summed E-state index contributed by atoms with van der Waals surface area (Å²) < 4.78 is 1.73. The molecule has 0 aliphatic heterocycles. The highest BCUT2D eigenvalue weighted by Gasteiger charge is 2.12. The smallest absolute Gasteiger partial charge is 0.268 e. The molecule has 0 atom stereocenters. The predicted molar refractivity (Wildman–Crippen MR) is 69.6 cm³/mol. The Hall–Kier alpha value is -1.27. The van der Waals surface area contributed by atoms with E-state index in [1.807, 2.05) is 11.4 Å². The fraction of sp³-hybridized carbons (Fsp3) is 0.182. The van der Waals surface area contributed by atoms with E-state index >= 15 is 0 Å². The third-order valence-corrected chi connectivity index (χ3v) is 3.76. The molecule has 2 heterocycles. The molecular formula is C11H9BrN2O2S. The average Bonchev–Trinajstić information content (AvgIpc) is 2.83. The molecule has 0 aliphatic rings. The van der Waals surface area contributed by atoms with E-state index in [4.69, 9.17) is 0 Å². The highest BCUT2D eigenvalue weighted by atomic mass is 79.9. The molecule has 0 N–H and O–H groups in total. The molecule has 17 heavy (non-hydrogen) atoms. The predicted octanol–water partition coefficient (Wildman–Crippen LogP) is 2.26. The number of nitrogens with zero attached hydrogens (tertiary/aromatic N) is 2. The second-order valence-corrected chi connectivity index (χ2v) is 5.25. The third-order valence-electron chi connectivity index (χ3n) is 2.30. The van der Waals surface area contributed by atoms with Crippen LogP contribution in [0.2, 0.25) is 0 Å². The number of carbonyl (C=O) groups excluding carboxylic acids is 1. The van der Waals surface area contributed by atoms with Crippen LogP contribution in [0.3, 0.4) is 0 Å². The average molecular weight is 313 g/mol. The minimum Gasteiger partial charge on any atom is -0.291 e. The Bertz CT molecular complexity index is 604. The molecule has 88 valence electrons. The van der Waals surface area contributed by atoms with Crippen molar-refractivity contribution in [3.8, 4) is 0 Å². The van der Waals surface area contributed by atoms with Gasteiger partial charge in [0.15, 0.2) is 5.78 Å². The number of Topliss-reactive ketones (excluding diaryl/α,β-unsaturated/α-hetero) is 1. The monoisotopic (exact) mass is 312 g/mol. The van der Waals surface area contributed by atoms with Crippen molar-refractivity contribution in [3.05, 3.63) is 49.2 Å². The summed E-state index contributed by atoms with van der Waals surface area (Å²) in [6, 6.07) is 3.56. The lowest BCUT2D eigenvalue weighted by molar-refractivity contribution is 0.0973. The molecule has 0 bridgehead atoms. The molecule has 2 rings (SSSR count). The van der Waals surface area contributed by atoms with Crippen LogP contribution >= 0.6 is 27.3 Å². The van der Waals surface area contributed by atoms with Crippen molar-refractivity contribution < 1.29 is 4.79 Å². The molecule has 0 aromatic carbocycles. The maximum absolute atomic E-state index is 11.9. The van der Waals surface area contributed by atoms with E-state index in [-0.39, 0.29) is 17.9 Å². The lowest BCUT2D eigenvalue weighted by Crippen LogP contribution is -2.27. The molecule has 0 spiro atoms. The molecule has 2 aromatic rings. The first-order valence-corrected chi connectivity index (χ1v) is 6.55. The Morgan fingerprint density at radius 1 is 1.59 bits per heavy atom. The summed E-state index contributed by atoms with van der Waals surface area (Å²) in [4.78, 5) is 28.4. The Kier molecular flexibility index (Phi) is 3.54. The van der Waals surface area contributed by atoms with Gasteiger partial charge < -0.3 is 0 Å². The van der Waals surface area contributed by atoms with Crippen LogP contribution in [0, 0.1) is 6.92 Å². The SMILES string of the molecule is Cc1ncc(Br)c(=O)n1CC(=O)c1cccs1. The standard InChI is InChI=1S/C11H9BrN2O2S/c1-7-13-5-8(12)11(16)14(7)6-9(15)10-3-2-4-17-10/h2-5H,6H2,1H3. The molecule has 4 nitrogen and oxygen atoms in total. The van der Waals surface area contributed by atoms with E-state index in [9.17, 15) is 9.59 Å². The van der Waals surface area contributed by atoms with Crippen molar-refractivity contribution in [2.75, 3.05) is 0 Å². The van der Waals surface area contributed by atoms with Gasteiger partial charge in [-0.3, -0.25) is 14.2 Å². The zero-order valence-electron chi connectivity index (χ0n) is 9.01. The largest absolute Gasteiger partial charge is 0.291 e. The number of hydrogen-bond donors (Lipinski definition) is 0. The lowest BCUT2D eigenvalue weighted by atomic mass is 10.3. The van der Waals surface area contributed by atoms with Crippen molar-refractivity contribution in [2.45, 2.75) is 13.5 Å². The quantitative estimate of drug-likeness (QED) is 0.817. The van der Waals surface area contributed by atoms with Crippen molar-refractivity contribution in [1.29, 1.82) is 0 Å². The highest BCUT2D eigenvalue weighted by Crippen LogP contribution is 2.10. The van der Waals surface area contributed by atoms with Crippen LogP contribution in [0.25, 0.3) is 0 Å². The van der Waals surface area contributed by atoms with Gasteiger partial charge in [-0.05, 0) is 34.3 Å². The van der Waals surface area contributed by atoms with Crippen LogP contribution in [0.4, 0.5) is 0 Å². The Labute approximate surface area is 110 Å². The van der Waals surface area contributed by atoms with Gasteiger partial charge in [-0.25, -0.2) is 4.98 Å². The summed E-state index contributed by atoms with van der Waals surface area (Å²) in [5, 5.41) is 1.84. The van der Waals surface area contributed by atoms with E-state index in [0.29, 0.717) is 15.2 Å². The fourth-order valence-electron chi connectivity index (χ4n) is 1.40. The number of thiophene rings is 1. The van der Waals surface area contributed by atoms with Gasteiger partial charge in [-0.1, -0.05) is 6.07 Å². The Morgan fingerprint density at radius 2 is 2.35 bits per heavy atom. The van der Waals surface area contributed by atoms with E-state index < -0.39 is 0 Å². The van der Waals surface area contributed by atoms with Gasteiger partial charge in [0.2, 0.25) is 0 Å². The maximum Gasteiger partial charge on any atom is 0.268 e. The normalized spacial score (nSPS) is 10.5. The number of hydrogen-bond acceptors (Lipinski definition) is 4. The zero-order valence-corrected chi connectivity index (χ0v) is 11.4. The first kappa shape index (κ1) is 12.2. The van der Waals surface area contributed by atoms with Crippen LogP contribution in [-0.4, -0.2) is 15.3 Å². The molecule has 0 radical (unpaired) electrons. The van der Waals surface area contributed by atoms with Crippen molar-refractivity contribution in [1.82, 2.24) is 9.55 Å². The molecule has 0 amide bonds. The second kappa shape index (κ2) is 4.93. The molecular weight excluding hydrogens is 304 g/mol. The van der Waals surface area contributed by atoms with Gasteiger partial charge in [0.25, 0.3) is 5.56 Å². The number of ketones is 1. The summed E-state index contributed by atoms with van der Waals surface area (Å²) in [6.45, 7) is 1.73. The Morgan fingerprint density at radius 3 is 3.00 bits per heavy atom. The first-order chi connectivity index (χ1) is 8.09. The number of rotatable bonds is 3. The number of carbonyl (C=O) groups is 1. The molecule has 0 unspecified atom stereocenters. The van der Waals surface area contributed by atoms with Crippen molar-refractivity contribution in [2.24, 2.45) is 0 Å². The van der Waals surface area contributed by atoms with Gasteiger partial charge in [0.05, 0.1) is 11.4 Å². The van der Waals surface area contributed by atoms with E-state index in [1.54, 1.807) is 13.0 Å². The first-order valence-electron chi connectivity index (χ1n) is 4.88. The van der Waals surface area contributed by atoms with Gasteiger partial charge in [-0.15, -0.1) is 11.3 Å². The Balaban J connectivity index is 2.34. The van der Waals surface area contributed by atoms with E-state index in [0.717, 1.165) is 0 Å². The molecule has 6 heteroatoms. The lowest BCUT2D eigenvalue weighted by Gasteiger charge is -2.07. The minimum atomic E-state index is -0.234. The summed E-state index contributed by atoms with van der Waals surface area (Å²) in [6.07, 6.45) is 1.45. The molecule has 2 aromatic heterocycles. The topological polar surface area (TPSA) is 52.0 Å². The van der Waals surface area contributed by atoms with Gasteiger partial charge in [0, 0.05) is 6.20 Å². The second-order valence-electron chi connectivity index (χ2n) is 3.45. The van der Waals surface area contributed by atoms with Crippen LogP contribution in [0.15, 0.2) is 33.0 Å². The highest BCUT2D eigenvalue weighted by molar-refractivity contribution is 9.10. The number of halogens is 1. The fourth-order valence-corrected chi connectivity index (χ4v) is 2.37. The summed E-state index contributed by atoms with van der Waals surface area (Å²) in [7, 11) is 0. The zero-order chi connectivity index (χ0) is 12.4. The van der Waals surface area contributed by atoms with E-state index in [2.05, 4.69) is 20.9 Å². The molecule has 0 saturated carbocycles. The van der Waals surface area contributed by atoms with Crippen LogP contribution < -0.4 is 5.56 Å². The van der Waals surface area contributed by atoms with Crippen molar-refractivity contribution >= 4 is 33.0 Å². The summed E-state index contributed by atoms with van der Waals surface area (Å²) in [5.74, 6) is 0.452. The minimum absolute atomic E-state index is 0.0254. The maximum atomic E-state index is 11.9. The van der Waals surface area contributed by atoms with E-state index in [1.165, 1.54) is 22.1 Å². The van der Waals surface area contributed by atoms with Crippen LogP contribution in [-0.2, 0) is 6.54 Å². The number of aromatic nitrogens is 2. The van der Waals surface area contributed by atoms with Gasteiger partial charge in [0.1, 0.15) is 10.3 Å². The molecule has 0 aliphatic carbocycles.